The maximum atomic E-state index is 13.2. The number of aromatic nitrogens is 1. The molecule has 3 aromatic rings. The normalized spacial score (nSPS) is 16.4. The second kappa shape index (κ2) is 8.46. The summed E-state index contributed by atoms with van der Waals surface area (Å²) in [6, 6.07) is 13.9. The van der Waals surface area contributed by atoms with Crippen LogP contribution in [-0.2, 0) is 11.3 Å². The maximum Gasteiger partial charge on any atom is 0.254 e. The van der Waals surface area contributed by atoms with E-state index in [0.717, 1.165) is 30.6 Å². The third-order valence-corrected chi connectivity index (χ3v) is 5.53. The Morgan fingerprint density at radius 1 is 1.11 bits per heavy atom. The van der Waals surface area contributed by atoms with Gasteiger partial charge in [-0.15, -0.1) is 0 Å². The molecule has 138 valence electrons. The van der Waals surface area contributed by atoms with Gasteiger partial charge in [-0.05, 0) is 70.6 Å². The van der Waals surface area contributed by atoms with Crippen molar-refractivity contribution >= 4 is 17.2 Å². The first-order valence-electron chi connectivity index (χ1n) is 9.22. The first-order valence-corrected chi connectivity index (χ1v) is 10.2. The Bertz CT molecular complexity index is 857. The largest absolute Gasteiger partial charge is 0.376 e. The maximum absolute atomic E-state index is 13.2. The minimum atomic E-state index is 0.0409. The molecule has 5 heteroatoms. The van der Waals surface area contributed by atoms with E-state index in [1.807, 2.05) is 41.3 Å². The average Bonchev–Trinajstić information content (AvgIpc) is 3.42. The molecule has 0 radical (unpaired) electrons. The van der Waals surface area contributed by atoms with Gasteiger partial charge in [0.05, 0.1) is 6.10 Å². The SMILES string of the molecule is O=C(c1ccc(-c2ccsc2)cc1)N(Cc1ccncc1)CC1CCCO1. The molecule has 0 bridgehead atoms. The molecule has 4 nitrogen and oxygen atoms in total. The summed E-state index contributed by atoms with van der Waals surface area (Å²) >= 11 is 1.67. The number of carbonyl (C=O) groups is 1. The van der Waals surface area contributed by atoms with Crippen molar-refractivity contribution in [2.45, 2.75) is 25.5 Å². The molecule has 1 saturated heterocycles. The molecule has 1 fully saturated rings. The predicted molar refractivity (Wildman–Crippen MR) is 108 cm³/mol. The number of hydrogen-bond acceptors (Lipinski definition) is 4. The molecule has 1 aliphatic rings. The highest BCUT2D eigenvalue weighted by atomic mass is 32.1. The van der Waals surface area contributed by atoms with E-state index in [1.54, 1.807) is 23.7 Å². The second-order valence-electron chi connectivity index (χ2n) is 6.77. The lowest BCUT2D eigenvalue weighted by Crippen LogP contribution is -2.37. The fourth-order valence-electron chi connectivity index (χ4n) is 3.38. The van der Waals surface area contributed by atoms with Crippen LogP contribution in [0.3, 0.4) is 0 Å². The van der Waals surface area contributed by atoms with Crippen LogP contribution in [0.25, 0.3) is 11.1 Å². The average molecular weight is 378 g/mol. The molecule has 27 heavy (non-hydrogen) atoms. The van der Waals surface area contributed by atoms with Gasteiger partial charge in [-0.25, -0.2) is 0 Å². The van der Waals surface area contributed by atoms with Crippen LogP contribution < -0.4 is 0 Å². The number of ether oxygens (including phenoxy) is 1. The molecule has 0 saturated carbocycles. The number of amides is 1. The molecule has 1 aliphatic heterocycles. The Labute approximate surface area is 163 Å². The zero-order valence-electron chi connectivity index (χ0n) is 15.1. The second-order valence-corrected chi connectivity index (χ2v) is 7.55. The van der Waals surface area contributed by atoms with Crippen LogP contribution in [0.4, 0.5) is 0 Å². The van der Waals surface area contributed by atoms with Crippen molar-refractivity contribution in [1.82, 2.24) is 9.88 Å². The standard InChI is InChI=1S/C22H22N2O2S/c25-22(19-5-3-18(4-6-19)20-9-13-27-16-20)24(15-21-2-1-12-26-21)14-17-7-10-23-11-8-17/h3-11,13,16,21H,1-2,12,14-15H2. The van der Waals surface area contributed by atoms with E-state index in [2.05, 4.69) is 21.8 Å². The lowest BCUT2D eigenvalue weighted by atomic mass is 10.1. The van der Waals surface area contributed by atoms with Crippen LogP contribution in [0.15, 0.2) is 65.6 Å². The Morgan fingerprint density at radius 3 is 2.59 bits per heavy atom. The molecule has 0 spiro atoms. The van der Waals surface area contributed by atoms with Crippen molar-refractivity contribution in [3.63, 3.8) is 0 Å². The molecular formula is C22H22N2O2S. The van der Waals surface area contributed by atoms with Crippen LogP contribution in [0.5, 0.6) is 0 Å². The zero-order valence-corrected chi connectivity index (χ0v) is 15.9. The van der Waals surface area contributed by atoms with Gasteiger partial charge in [0, 0.05) is 37.7 Å². The third kappa shape index (κ3) is 4.43. The molecule has 4 rings (SSSR count). The first-order chi connectivity index (χ1) is 13.3. The molecule has 0 N–H and O–H groups in total. The minimum absolute atomic E-state index is 0.0409. The number of rotatable bonds is 6. The minimum Gasteiger partial charge on any atom is -0.376 e. The molecule has 2 aromatic heterocycles. The van der Waals surface area contributed by atoms with E-state index in [-0.39, 0.29) is 12.0 Å². The highest BCUT2D eigenvalue weighted by Crippen LogP contribution is 2.23. The molecular weight excluding hydrogens is 356 g/mol. The lowest BCUT2D eigenvalue weighted by molar-refractivity contribution is 0.0507. The van der Waals surface area contributed by atoms with E-state index in [4.69, 9.17) is 4.74 Å². The van der Waals surface area contributed by atoms with Gasteiger partial charge in [0.2, 0.25) is 0 Å². The summed E-state index contributed by atoms with van der Waals surface area (Å²) in [5.74, 6) is 0.0409. The Kier molecular flexibility index (Phi) is 5.61. The van der Waals surface area contributed by atoms with Crippen molar-refractivity contribution in [2.75, 3.05) is 13.2 Å². The van der Waals surface area contributed by atoms with Crippen LogP contribution in [0.1, 0.15) is 28.8 Å². The van der Waals surface area contributed by atoms with E-state index in [1.165, 1.54) is 5.56 Å². The first kappa shape index (κ1) is 17.9. The quantitative estimate of drug-likeness (QED) is 0.628. The van der Waals surface area contributed by atoms with Gasteiger partial charge in [-0.1, -0.05) is 12.1 Å². The van der Waals surface area contributed by atoms with Crippen LogP contribution in [-0.4, -0.2) is 35.0 Å². The molecule has 1 unspecified atom stereocenters. The van der Waals surface area contributed by atoms with Gasteiger partial charge in [0.15, 0.2) is 0 Å². The Morgan fingerprint density at radius 2 is 1.93 bits per heavy atom. The van der Waals surface area contributed by atoms with Gasteiger partial charge in [-0.2, -0.15) is 11.3 Å². The monoisotopic (exact) mass is 378 g/mol. The molecule has 0 aliphatic carbocycles. The van der Waals surface area contributed by atoms with Crippen molar-refractivity contribution in [1.29, 1.82) is 0 Å². The van der Waals surface area contributed by atoms with Gasteiger partial charge >= 0.3 is 0 Å². The topological polar surface area (TPSA) is 42.4 Å². The summed E-state index contributed by atoms with van der Waals surface area (Å²) in [4.78, 5) is 19.2. The number of nitrogens with zero attached hydrogens (tertiary/aromatic N) is 2. The summed E-state index contributed by atoms with van der Waals surface area (Å²) < 4.78 is 5.77. The summed E-state index contributed by atoms with van der Waals surface area (Å²) in [6.45, 7) is 1.97. The van der Waals surface area contributed by atoms with E-state index >= 15 is 0 Å². The van der Waals surface area contributed by atoms with Crippen molar-refractivity contribution < 1.29 is 9.53 Å². The summed E-state index contributed by atoms with van der Waals surface area (Å²) in [7, 11) is 0. The Hall–Kier alpha value is -2.50. The fraction of sp³-hybridized carbons (Fsp3) is 0.273. The number of thiophene rings is 1. The number of pyridine rings is 1. The smallest absolute Gasteiger partial charge is 0.254 e. The third-order valence-electron chi connectivity index (χ3n) is 4.84. The zero-order chi connectivity index (χ0) is 18.5. The summed E-state index contributed by atoms with van der Waals surface area (Å²) in [6.07, 6.45) is 5.73. The molecule has 1 aromatic carbocycles. The van der Waals surface area contributed by atoms with E-state index < -0.39 is 0 Å². The molecule has 3 heterocycles. The Balaban J connectivity index is 1.53. The highest BCUT2D eigenvalue weighted by Gasteiger charge is 2.23. The molecule has 1 atom stereocenters. The number of benzene rings is 1. The number of hydrogen-bond donors (Lipinski definition) is 0. The van der Waals surface area contributed by atoms with Gasteiger partial charge in [-0.3, -0.25) is 9.78 Å². The number of carbonyl (C=O) groups excluding carboxylic acids is 1. The van der Waals surface area contributed by atoms with Crippen molar-refractivity contribution in [3.05, 3.63) is 76.7 Å². The van der Waals surface area contributed by atoms with Crippen LogP contribution >= 0.6 is 11.3 Å². The van der Waals surface area contributed by atoms with Crippen LogP contribution in [0, 0.1) is 0 Å². The highest BCUT2D eigenvalue weighted by molar-refractivity contribution is 7.08. The van der Waals surface area contributed by atoms with Crippen LogP contribution in [0.2, 0.25) is 0 Å². The van der Waals surface area contributed by atoms with E-state index in [9.17, 15) is 4.79 Å². The lowest BCUT2D eigenvalue weighted by Gasteiger charge is -2.26. The van der Waals surface area contributed by atoms with Gasteiger partial charge in [0.1, 0.15) is 0 Å². The summed E-state index contributed by atoms with van der Waals surface area (Å²) in [5.41, 5.74) is 4.10. The summed E-state index contributed by atoms with van der Waals surface area (Å²) in [5, 5.41) is 4.18. The van der Waals surface area contributed by atoms with Gasteiger partial charge < -0.3 is 9.64 Å². The van der Waals surface area contributed by atoms with Gasteiger partial charge in [0.25, 0.3) is 5.91 Å². The fourth-order valence-corrected chi connectivity index (χ4v) is 4.04. The van der Waals surface area contributed by atoms with E-state index in [0.29, 0.717) is 18.7 Å². The predicted octanol–water partition coefficient (Wildman–Crippen LogP) is 4.63. The molecule has 1 amide bonds. The van der Waals surface area contributed by atoms with Crippen molar-refractivity contribution in [3.8, 4) is 11.1 Å². The van der Waals surface area contributed by atoms with Crippen molar-refractivity contribution in [2.24, 2.45) is 0 Å².